The largest absolute Gasteiger partial charge is 0.416 e. The molecule has 1 heterocycles. The normalized spacial score (nSPS) is 18.6. The average molecular weight is 400 g/mol. The summed E-state index contributed by atoms with van der Waals surface area (Å²) in [7, 11) is -4.35. The lowest BCUT2D eigenvalue weighted by molar-refractivity contribution is -0.387. The maximum Gasteiger partial charge on any atom is 0.416 e. The number of para-hydroxylation sites is 1. The van der Waals surface area contributed by atoms with Crippen LogP contribution in [-0.2, 0) is 16.2 Å². The predicted octanol–water partition coefficient (Wildman–Crippen LogP) is 4.14. The van der Waals surface area contributed by atoms with E-state index in [-0.39, 0.29) is 18.5 Å². The molecule has 1 atom stereocenters. The minimum Gasteiger partial charge on any atom is -0.258 e. The summed E-state index contributed by atoms with van der Waals surface area (Å²) >= 11 is 0. The number of sulfonamides is 1. The average Bonchev–Trinajstić information content (AvgIpc) is 3.11. The van der Waals surface area contributed by atoms with Gasteiger partial charge in [0.15, 0.2) is 4.90 Å². The minimum absolute atomic E-state index is 0.00869. The van der Waals surface area contributed by atoms with E-state index in [1.807, 2.05) is 0 Å². The van der Waals surface area contributed by atoms with Gasteiger partial charge in [-0.25, -0.2) is 8.42 Å². The van der Waals surface area contributed by atoms with Crippen molar-refractivity contribution in [2.75, 3.05) is 6.54 Å². The SMILES string of the molecule is O=[N+]([O-])c1ccccc1S(=O)(=O)N1CCCC1c1ccccc1C(F)(F)F. The van der Waals surface area contributed by atoms with Crippen molar-refractivity contribution < 1.29 is 26.5 Å². The number of halogens is 3. The Bertz CT molecular complexity index is 976. The number of nitrogens with zero attached hydrogens (tertiary/aromatic N) is 2. The van der Waals surface area contributed by atoms with Crippen molar-refractivity contribution >= 4 is 15.7 Å². The molecule has 0 bridgehead atoms. The van der Waals surface area contributed by atoms with Gasteiger partial charge < -0.3 is 0 Å². The summed E-state index contributed by atoms with van der Waals surface area (Å²) in [6.45, 7) is -0.00869. The lowest BCUT2D eigenvalue weighted by Crippen LogP contribution is -2.32. The van der Waals surface area contributed by atoms with Crippen molar-refractivity contribution in [1.82, 2.24) is 4.31 Å². The molecule has 27 heavy (non-hydrogen) atoms. The van der Waals surface area contributed by atoms with E-state index in [9.17, 15) is 31.7 Å². The third kappa shape index (κ3) is 3.54. The number of nitro groups is 1. The summed E-state index contributed by atoms with van der Waals surface area (Å²) in [5, 5.41) is 11.2. The Kier molecular flexibility index (Phi) is 4.96. The first-order valence-electron chi connectivity index (χ1n) is 8.05. The number of rotatable bonds is 4. The number of nitro benzene ring substituents is 1. The molecule has 1 fully saturated rings. The quantitative estimate of drug-likeness (QED) is 0.571. The van der Waals surface area contributed by atoms with Gasteiger partial charge in [0.2, 0.25) is 10.0 Å². The van der Waals surface area contributed by atoms with Crippen molar-refractivity contribution in [3.63, 3.8) is 0 Å². The van der Waals surface area contributed by atoms with Gasteiger partial charge in [-0.1, -0.05) is 30.3 Å². The van der Waals surface area contributed by atoms with Gasteiger partial charge in [0.05, 0.1) is 16.5 Å². The molecule has 2 aromatic carbocycles. The van der Waals surface area contributed by atoms with Crippen LogP contribution in [0.3, 0.4) is 0 Å². The summed E-state index contributed by atoms with van der Waals surface area (Å²) < 4.78 is 67.1. The molecule has 0 aromatic heterocycles. The van der Waals surface area contributed by atoms with Crippen LogP contribution < -0.4 is 0 Å². The standard InChI is InChI=1S/C17H15F3N2O4S/c18-17(19,20)13-7-2-1-6-12(13)14-9-5-11-21(14)27(25,26)16-10-4-3-8-15(16)22(23)24/h1-4,6-8,10,14H,5,9,11H2. The topological polar surface area (TPSA) is 80.5 Å². The van der Waals surface area contributed by atoms with Gasteiger partial charge >= 0.3 is 6.18 Å². The van der Waals surface area contributed by atoms with E-state index in [2.05, 4.69) is 0 Å². The van der Waals surface area contributed by atoms with Crippen molar-refractivity contribution in [2.24, 2.45) is 0 Å². The number of benzene rings is 2. The van der Waals surface area contributed by atoms with Gasteiger partial charge in [0.25, 0.3) is 5.69 Å². The van der Waals surface area contributed by atoms with E-state index in [0.717, 1.165) is 22.5 Å². The van der Waals surface area contributed by atoms with Gasteiger partial charge in [-0.3, -0.25) is 10.1 Å². The molecule has 10 heteroatoms. The molecule has 0 aliphatic carbocycles. The molecular formula is C17H15F3N2O4S. The fraction of sp³-hybridized carbons (Fsp3) is 0.294. The van der Waals surface area contributed by atoms with Crippen molar-refractivity contribution in [1.29, 1.82) is 0 Å². The molecule has 0 radical (unpaired) electrons. The van der Waals surface area contributed by atoms with Crippen molar-refractivity contribution in [3.05, 3.63) is 69.8 Å². The van der Waals surface area contributed by atoms with Crippen LogP contribution in [0.5, 0.6) is 0 Å². The fourth-order valence-electron chi connectivity index (χ4n) is 3.34. The lowest BCUT2D eigenvalue weighted by Gasteiger charge is -2.26. The zero-order chi connectivity index (χ0) is 19.8. The van der Waals surface area contributed by atoms with E-state index in [4.69, 9.17) is 0 Å². The highest BCUT2D eigenvalue weighted by atomic mass is 32.2. The van der Waals surface area contributed by atoms with Crippen LogP contribution in [0.15, 0.2) is 53.4 Å². The second kappa shape index (κ2) is 6.93. The molecule has 0 spiro atoms. The Labute approximate surface area is 153 Å². The molecule has 1 saturated heterocycles. The van der Waals surface area contributed by atoms with Crippen LogP contribution in [-0.4, -0.2) is 24.2 Å². The van der Waals surface area contributed by atoms with E-state index in [1.165, 1.54) is 30.3 Å². The highest BCUT2D eigenvalue weighted by Crippen LogP contribution is 2.43. The maximum atomic E-state index is 13.4. The van der Waals surface area contributed by atoms with Gasteiger partial charge in [-0.2, -0.15) is 17.5 Å². The minimum atomic E-state index is -4.63. The summed E-state index contributed by atoms with van der Waals surface area (Å²) in [6.07, 6.45) is -4.07. The van der Waals surface area contributed by atoms with E-state index in [1.54, 1.807) is 0 Å². The molecule has 0 amide bonds. The van der Waals surface area contributed by atoms with Crippen LogP contribution in [0.1, 0.15) is 30.0 Å². The number of hydrogen-bond donors (Lipinski definition) is 0. The van der Waals surface area contributed by atoms with E-state index >= 15 is 0 Å². The Balaban J connectivity index is 2.10. The first-order valence-corrected chi connectivity index (χ1v) is 9.49. The Morgan fingerprint density at radius 2 is 1.70 bits per heavy atom. The first kappa shape index (κ1) is 19.3. The van der Waals surface area contributed by atoms with Gasteiger partial charge in [0.1, 0.15) is 0 Å². The van der Waals surface area contributed by atoms with E-state index < -0.39 is 43.3 Å². The molecule has 0 N–H and O–H groups in total. The number of alkyl halides is 3. The van der Waals surface area contributed by atoms with E-state index in [0.29, 0.717) is 6.42 Å². The third-order valence-electron chi connectivity index (χ3n) is 4.48. The zero-order valence-corrected chi connectivity index (χ0v) is 14.7. The molecule has 3 rings (SSSR count). The Morgan fingerprint density at radius 3 is 2.37 bits per heavy atom. The molecule has 6 nitrogen and oxygen atoms in total. The van der Waals surface area contributed by atoms with Crippen LogP contribution in [0, 0.1) is 10.1 Å². The van der Waals surface area contributed by atoms with Crippen molar-refractivity contribution in [3.8, 4) is 0 Å². The summed E-state index contributed by atoms with van der Waals surface area (Å²) in [5.74, 6) is 0. The summed E-state index contributed by atoms with van der Waals surface area (Å²) in [5.41, 5.74) is -1.66. The highest BCUT2D eigenvalue weighted by Gasteiger charge is 2.43. The van der Waals surface area contributed by atoms with Gasteiger partial charge in [0, 0.05) is 12.6 Å². The second-order valence-corrected chi connectivity index (χ2v) is 7.94. The lowest BCUT2D eigenvalue weighted by atomic mass is 9.99. The zero-order valence-electron chi connectivity index (χ0n) is 13.9. The monoisotopic (exact) mass is 400 g/mol. The molecule has 1 aliphatic heterocycles. The van der Waals surface area contributed by atoms with Gasteiger partial charge in [-0.05, 0) is 30.5 Å². The van der Waals surface area contributed by atoms with Crippen LogP contribution in [0.2, 0.25) is 0 Å². The molecule has 2 aromatic rings. The number of hydrogen-bond acceptors (Lipinski definition) is 4. The van der Waals surface area contributed by atoms with Crippen LogP contribution in [0.25, 0.3) is 0 Å². The molecule has 144 valence electrons. The smallest absolute Gasteiger partial charge is 0.258 e. The van der Waals surface area contributed by atoms with Crippen LogP contribution in [0.4, 0.5) is 18.9 Å². The molecule has 0 saturated carbocycles. The van der Waals surface area contributed by atoms with Gasteiger partial charge in [-0.15, -0.1) is 0 Å². The maximum absolute atomic E-state index is 13.4. The Morgan fingerprint density at radius 1 is 1.07 bits per heavy atom. The summed E-state index contributed by atoms with van der Waals surface area (Å²) in [6, 6.07) is 8.60. The molecule has 1 unspecified atom stereocenters. The second-order valence-electron chi connectivity index (χ2n) is 6.08. The highest BCUT2D eigenvalue weighted by molar-refractivity contribution is 7.89. The predicted molar refractivity (Wildman–Crippen MR) is 90.4 cm³/mol. The van der Waals surface area contributed by atoms with Crippen LogP contribution >= 0.6 is 0 Å². The fourth-order valence-corrected chi connectivity index (χ4v) is 5.17. The van der Waals surface area contributed by atoms with Crippen molar-refractivity contribution in [2.45, 2.75) is 30.0 Å². The third-order valence-corrected chi connectivity index (χ3v) is 6.43. The molecule has 1 aliphatic rings. The summed E-state index contributed by atoms with van der Waals surface area (Å²) in [4.78, 5) is 9.85. The molecular weight excluding hydrogens is 385 g/mol. The Hall–Kier alpha value is -2.46. The first-order chi connectivity index (χ1) is 12.6.